The SMILES string of the molecule is Nc1cc2c(cc1C(=O)OC1CCCCC1)OCO2. The number of esters is 1. The van der Waals surface area contributed by atoms with Crippen LogP contribution in [-0.2, 0) is 4.74 Å². The molecule has 102 valence electrons. The van der Waals surface area contributed by atoms with E-state index in [0.29, 0.717) is 22.7 Å². The molecule has 0 spiro atoms. The van der Waals surface area contributed by atoms with Gasteiger partial charge in [-0.25, -0.2) is 4.79 Å². The van der Waals surface area contributed by atoms with Crippen molar-refractivity contribution in [3.05, 3.63) is 17.7 Å². The summed E-state index contributed by atoms with van der Waals surface area (Å²) in [6, 6.07) is 3.21. The molecule has 0 atom stereocenters. The Morgan fingerprint density at radius 2 is 1.84 bits per heavy atom. The van der Waals surface area contributed by atoms with Crippen LogP contribution in [0.4, 0.5) is 5.69 Å². The van der Waals surface area contributed by atoms with E-state index in [9.17, 15) is 4.79 Å². The zero-order valence-corrected chi connectivity index (χ0v) is 10.7. The van der Waals surface area contributed by atoms with E-state index >= 15 is 0 Å². The number of hydrogen-bond acceptors (Lipinski definition) is 5. The Balaban J connectivity index is 1.75. The fourth-order valence-electron chi connectivity index (χ4n) is 2.53. The molecule has 19 heavy (non-hydrogen) atoms. The van der Waals surface area contributed by atoms with Crippen LogP contribution in [0.3, 0.4) is 0 Å². The van der Waals surface area contributed by atoms with Crippen LogP contribution in [-0.4, -0.2) is 18.9 Å². The molecular formula is C14H17NO4. The van der Waals surface area contributed by atoms with Crippen LogP contribution >= 0.6 is 0 Å². The fourth-order valence-corrected chi connectivity index (χ4v) is 2.53. The quantitative estimate of drug-likeness (QED) is 0.655. The first-order valence-corrected chi connectivity index (χ1v) is 6.64. The average molecular weight is 263 g/mol. The normalized spacial score (nSPS) is 18.3. The van der Waals surface area contributed by atoms with Crippen LogP contribution in [0.2, 0.25) is 0 Å². The lowest BCUT2D eigenvalue weighted by Gasteiger charge is -2.22. The number of ether oxygens (including phenoxy) is 3. The molecule has 1 heterocycles. The van der Waals surface area contributed by atoms with Crippen molar-refractivity contribution in [1.82, 2.24) is 0 Å². The van der Waals surface area contributed by atoms with E-state index in [1.165, 1.54) is 6.42 Å². The summed E-state index contributed by atoms with van der Waals surface area (Å²) >= 11 is 0. The van der Waals surface area contributed by atoms with Crippen molar-refractivity contribution < 1.29 is 19.0 Å². The Morgan fingerprint density at radius 3 is 2.58 bits per heavy atom. The Morgan fingerprint density at radius 1 is 1.16 bits per heavy atom. The summed E-state index contributed by atoms with van der Waals surface area (Å²) in [7, 11) is 0. The van der Waals surface area contributed by atoms with E-state index in [4.69, 9.17) is 19.9 Å². The van der Waals surface area contributed by atoms with Gasteiger partial charge in [0.15, 0.2) is 11.5 Å². The molecule has 0 radical (unpaired) electrons. The number of rotatable bonds is 2. The van der Waals surface area contributed by atoms with E-state index < -0.39 is 0 Å². The molecule has 0 aromatic heterocycles. The van der Waals surface area contributed by atoms with Crippen molar-refractivity contribution >= 4 is 11.7 Å². The Hall–Kier alpha value is -1.91. The molecular weight excluding hydrogens is 246 g/mol. The highest BCUT2D eigenvalue weighted by Gasteiger charge is 2.23. The van der Waals surface area contributed by atoms with Gasteiger partial charge in [0.2, 0.25) is 6.79 Å². The van der Waals surface area contributed by atoms with Gasteiger partial charge < -0.3 is 19.9 Å². The second-order valence-electron chi connectivity index (χ2n) is 4.96. The Bertz CT molecular complexity index is 494. The summed E-state index contributed by atoms with van der Waals surface area (Å²) in [6.07, 6.45) is 5.36. The Kier molecular flexibility index (Phi) is 3.19. The van der Waals surface area contributed by atoms with Gasteiger partial charge in [0.25, 0.3) is 0 Å². The summed E-state index contributed by atoms with van der Waals surface area (Å²) in [5.74, 6) is 0.749. The number of nitrogen functional groups attached to an aromatic ring is 1. The summed E-state index contributed by atoms with van der Waals surface area (Å²) in [5.41, 5.74) is 6.59. The van der Waals surface area contributed by atoms with Gasteiger partial charge >= 0.3 is 5.97 Å². The average Bonchev–Trinajstić information content (AvgIpc) is 2.86. The second-order valence-corrected chi connectivity index (χ2v) is 4.96. The maximum absolute atomic E-state index is 12.1. The highest BCUT2D eigenvalue weighted by atomic mass is 16.7. The Labute approximate surface area is 111 Å². The van der Waals surface area contributed by atoms with Crippen LogP contribution in [0.5, 0.6) is 11.5 Å². The van der Waals surface area contributed by atoms with E-state index in [1.807, 2.05) is 0 Å². The lowest BCUT2D eigenvalue weighted by atomic mass is 9.98. The molecule has 2 aliphatic rings. The largest absolute Gasteiger partial charge is 0.459 e. The molecule has 1 aromatic carbocycles. The molecule has 1 fully saturated rings. The van der Waals surface area contributed by atoms with Crippen LogP contribution in [0.25, 0.3) is 0 Å². The van der Waals surface area contributed by atoms with E-state index in [-0.39, 0.29) is 18.9 Å². The van der Waals surface area contributed by atoms with Crippen molar-refractivity contribution in [1.29, 1.82) is 0 Å². The van der Waals surface area contributed by atoms with Gasteiger partial charge in [0, 0.05) is 12.1 Å². The van der Waals surface area contributed by atoms with Gasteiger partial charge in [-0.2, -0.15) is 0 Å². The number of fused-ring (bicyclic) bond motifs is 1. The maximum Gasteiger partial charge on any atom is 0.340 e. The number of benzene rings is 1. The lowest BCUT2D eigenvalue weighted by molar-refractivity contribution is 0.0212. The summed E-state index contributed by atoms with van der Waals surface area (Å²) in [6.45, 7) is 0.163. The van der Waals surface area contributed by atoms with Crippen LogP contribution in [0.1, 0.15) is 42.5 Å². The molecule has 0 unspecified atom stereocenters. The van der Waals surface area contributed by atoms with Crippen molar-refractivity contribution in [2.75, 3.05) is 12.5 Å². The van der Waals surface area contributed by atoms with Crippen molar-refractivity contribution in [3.8, 4) is 11.5 Å². The third kappa shape index (κ3) is 2.45. The number of nitrogens with two attached hydrogens (primary N) is 1. The molecule has 0 amide bonds. The van der Waals surface area contributed by atoms with Crippen LogP contribution < -0.4 is 15.2 Å². The lowest BCUT2D eigenvalue weighted by Crippen LogP contribution is -2.21. The van der Waals surface area contributed by atoms with E-state index in [1.54, 1.807) is 12.1 Å². The van der Waals surface area contributed by atoms with Gasteiger partial charge in [-0.05, 0) is 25.7 Å². The number of carbonyl (C=O) groups excluding carboxylic acids is 1. The predicted octanol–water partition coefficient (Wildman–Crippen LogP) is 2.49. The highest BCUT2D eigenvalue weighted by molar-refractivity contribution is 5.96. The number of carbonyl (C=O) groups is 1. The smallest absolute Gasteiger partial charge is 0.340 e. The number of hydrogen-bond donors (Lipinski definition) is 1. The zero-order chi connectivity index (χ0) is 13.2. The topological polar surface area (TPSA) is 70.8 Å². The van der Waals surface area contributed by atoms with Gasteiger partial charge in [0.1, 0.15) is 6.10 Å². The van der Waals surface area contributed by atoms with Crippen molar-refractivity contribution in [2.45, 2.75) is 38.2 Å². The third-order valence-corrected chi connectivity index (χ3v) is 3.59. The molecule has 2 N–H and O–H groups in total. The van der Waals surface area contributed by atoms with Gasteiger partial charge in [0.05, 0.1) is 11.3 Å². The number of anilines is 1. The molecule has 0 saturated heterocycles. The first kappa shape index (κ1) is 12.1. The molecule has 0 bridgehead atoms. The van der Waals surface area contributed by atoms with Crippen molar-refractivity contribution in [3.63, 3.8) is 0 Å². The van der Waals surface area contributed by atoms with Gasteiger partial charge in [-0.3, -0.25) is 0 Å². The molecule has 1 aliphatic carbocycles. The monoisotopic (exact) mass is 263 g/mol. The van der Waals surface area contributed by atoms with Gasteiger partial charge in [-0.1, -0.05) is 6.42 Å². The van der Waals surface area contributed by atoms with Gasteiger partial charge in [-0.15, -0.1) is 0 Å². The maximum atomic E-state index is 12.1. The van der Waals surface area contributed by atoms with Crippen molar-refractivity contribution in [2.24, 2.45) is 0 Å². The molecule has 1 aliphatic heterocycles. The molecule has 1 saturated carbocycles. The minimum atomic E-state index is -0.372. The first-order valence-electron chi connectivity index (χ1n) is 6.64. The van der Waals surface area contributed by atoms with E-state index in [2.05, 4.69) is 0 Å². The summed E-state index contributed by atoms with van der Waals surface area (Å²) in [5, 5.41) is 0. The molecule has 3 rings (SSSR count). The predicted molar refractivity (Wildman–Crippen MR) is 69.3 cm³/mol. The summed E-state index contributed by atoms with van der Waals surface area (Å²) < 4.78 is 16.0. The zero-order valence-electron chi connectivity index (χ0n) is 10.7. The minimum Gasteiger partial charge on any atom is -0.459 e. The molecule has 1 aromatic rings. The molecule has 5 heteroatoms. The minimum absolute atomic E-state index is 0.0195. The molecule has 5 nitrogen and oxygen atoms in total. The summed E-state index contributed by atoms with van der Waals surface area (Å²) in [4.78, 5) is 12.1. The van der Waals surface area contributed by atoms with Crippen LogP contribution in [0.15, 0.2) is 12.1 Å². The second kappa shape index (κ2) is 4.99. The fraction of sp³-hybridized carbons (Fsp3) is 0.500. The standard InChI is InChI=1S/C14H17NO4/c15-11-7-13-12(17-8-18-13)6-10(11)14(16)19-9-4-2-1-3-5-9/h6-7,9H,1-5,8,15H2. The third-order valence-electron chi connectivity index (χ3n) is 3.59. The van der Waals surface area contributed by atoms with E-state index in [0.717, 1.165) is 25.7 Å². The van der Waals surface area contributed by atoms with Crippen LogP contribution in [0, 0.1) is 0 Å². The highest BCUT2D eigenvalue weighted by Crippen LogP contribution is 2.36. The first-order chi connectivity index (χ1) is 9.24.